The summed E-state index contributed by atoms with van der Waals surface area (Å²) < 4.78 is 5.24. The smallest absolute Gasteiger partial charge is 0.376 e. The molecule has 168 valence electrons. The van der Waals surface area contributed by atoms with Gasteiger partial charge in [-0.05, 0) is 64.2 Å². The van der Waals surface area contributed by atoms with Crippen molar-refractivity contribution < 1.29 is 9.53 Å². The van der Waals surface area contributed by atoms with E-state index in [1.165, 1.54) is 34.5 Å². The van der Waals surface area contributed by atoms with Crippen molar-refractivity contribution in [3.05, 3.63) is 46.1 Å². The SMILES string of the molecule is CCOC(=O)c1nc(N2CCN(c3ccc(C)cc3)C(C)C2)c2c3c(sc2n1)CCCC3. The molecule has 1 fully saturated rings. The van der Waals surface area contributed by atoms with Crippen LogP contribution in [0.1, 0.15) is 53.3 Å². The summed E-state index contributed by atoms with van der Waals surface area (Å²) in [4.78, 5) is 29.1. The monoisotopic (exact) mass is 450 g/mol. The first-order valence-electron chi connectivity index (χ1n) is 11.6. The Morgan fingerprint density at radius 3 is 2.69 bits per heavy atom. The summed E-state index contributed by atoms with van der Waals surface area (Å²) in [5.41, 5.74) is 3.93. The molecule has 3 heterocycles. The van der Waals surface area contributed by atoms with E-state index in [2.05, 4.69) is 52.9 Å². The van der Waals surface area contributed by atoms with Crippen molar-refractivity contribution >= 4 is 39.0 Å². The van der Waals surface area contributed by atoms with Gasteiger partial charge in [0.25, 0.3) is 0 Å². The summed E-state index contributed by atoms with van der Waals surface area (Å²) in [6.07, 6.45) is 4.60. The first-order valence-corrected chi connectivity index (χ1v) is 12.4. The van der Waals surface area contributed by atoms with E-state index in [-0.39, 0.29) is 5.82 Å². The van der Waals surface area contributed by atoms with Crippen molar-refractivity contribution in [1.29, 1.82) is 0 Å². The van der Waals surface area contributed by atoms with E-state index in [0.717, 1.165) is 48.5 Å². The molecule has 1 unspecified atom stereocenters. The van der Waals surface area contributed by atoms with E-state index in [1.54, 1.807) is 11.3 Å². The van der Waals surface area contributed by atoms with Gasteiger partial charge in [0.05, 0.1) is 12.0 Å². The molecular formula is C25H30N4O2S. The number of carbonyl (C=O) groups is 1. The molecule has 0 radical (unpaired) electrons. The Morgan fingerprint density at radius 1 is 1.16 bits per heavy atom. The second-order valence-electron chi connectivity index (χ2n) is 8.81. The molecule has 1 saturated heterocycles. The standard InChI is InChI=1S/C25H30N4O2S/c1-4-31-25(30)22-26-23(21-19-7-5-6-8-20(19)32-24(21)27-22)28-13-14-29(17(3)15-28)18-11-9-16(2)10-12-18/h9-12,17H,4-8,13-15H2,1-3H3. The summed E-state index contributed by atoms with van der Waals surface area (Å²) in [6, 6.07) is 9.09. The number of nitrogens with zero attached hydrogens (tertiary/aromatic N) is 4. The summed E-state index contributed by atoms with van der Waals surface area (Å²) in [5.74, 6) is 0.655. The zero-order valence-corrected chi connectivity index (χ0v) is 19.9. The number of anilines is 2. The zero-order chi connectivity index (χ0) is 22.2. The van der Waals surface area contributed by atoms with Gasteiger partial charge >= 0.3 is 5.97 Å². The van der Waals surface area contributed by atoms with Gasteiger partial charge in [-0.1, -0.05) is 17.7 Å². The lowest BCUT2D eigenvalue weighted by atomic mass is 9.96. The van der Waals surface area contributed by atoms with Gasteiger partial charge in [-0.15, -0.1) is 11.3 Å². The van der Waals surface area contributed by atoms with Crippen LogP contribution in [0.2, 0.25) is 0 Å². The van der Waals surface area contributed by atoms with E-state index in [0.29, 0.717) is 12.6 Å². The molecule has 5 rings (SSSR count). The van der Waals surface area contributed by atoms with Crippen LogP contribution >= 0.6 is 11.3 Å². The number of benzene rings is 1. The lowest BCUT2D eigenvalue weighted by Crippen LogP contribution is -2.52. The molecule has 0 bridgehead atoms. The van der Waals surface area contributed by atoms with Crippen molar-refractivity contribution in [3.8, 4) is 0 Å². The number of carbonyl (C=O) groups excluding carboxylic acids is 1. The Morgan fingerprint density at radius 2 is 1.94 bits per heavy atom. The molecule has 0 saturated carbocycles. The molecule has 6 nitrogen and oxygen atoms in total. The fourth-order valence-corrected chi connectivity index (χ4v) is 6.18. The van der Waals surface area contributed by atoms with Crippen LogP contribution in [0.4, 0.5) is 11.5 Å². The summed E-state index contributed by atoms with van der Waals surface area (Å²) in [5, 5.41) is 1.16. The predicted molar refractivity (Wildman–Crippen MR) is 130 cm³/mol. The first-order chi connectivity index (χ1) is 15.5. The molecule has 1 aliphatic carbocycles. The van der Waals surface area contributed by atoms with E-state index < -0.39 is 5.97 Å². The molecule has 2 aromatic heterocycles. The summed E-state index contributed by atoms with van der Waals surface area (Å²) in [7, 11) is 0. The number of piperazine rings is 1. The van der Waals surface area contributed by atoms with Crippen LogP contribution in [0.5, 0.6) is 0 Å². The second-order valence-corrected chi connectivity index (χ2v) is 9.89. The number of thiophene rings is 1. The van der Waals surface area contributed by atoms with Gasteiger partial charge in [0.1, 0.15) is 10.6 Å². The number of esters is 1. The van der Waals surface area contributed by atoms with Crippen LogP contribution in [0.15, 0.2) is 24.3 Å². The number of hydrogen-bond acceptors (Lipinski definition) is 7. The Labute approximate surface area is 193 Å². The van der Waals surface area contributed by atoms with E-state index in [1.807, 2.05) is 6.92 Å². The maximum absolute atomic E-state index is 12.5. The fourth-order valence-electron chi connectivity index (χ4n) is 4.92. The number of fused-ring (bicyclic) bond motifs is 3. The van der Waals surface area contributed by atoms with E-state index in [9.17, 15) is 4.79 Å². The van der Waals surface area contributed by atoms with Crippen LogP contribution in [-0.2, 0) is 17.6 Å². The molecule has 0 N–H and O–H groups in total. The van der Waals surface area contributed by atoms with E-state index in [4.69, 9.17) is 9.72 Å². The van der Waals surface area contributed by atoms with Crippen molar-refractivity contribution in [2.75, 3.05) is 36.0 Å². The Hall–Kier alpha value is -2.67. The molecule has 3 aromatic rings. The highest BCUT2D eigenvalue weighted by atomic mass is 32.1. The number of hydrogen-bond donors (Lipinski definition) is 0. The normalized spacial score (nSPS) is 18.7. The van der Waals surface area contributed by atoms with Crippen molar-refractivity contribution in [2.45, 2.75) is 52.5 Å². The number of aromatic nitrogens is 2. The molecule has 0 amide bonds. The molecule has 7 heteroatoms. The second kappa shape index (κ2) is 8.70. The average molecular weight is 451 g/mol. The molecule has 1 aromatic carbocycles. The van der Waals surface area contributed by atoms with Gasteiger partial charge < -0.3 is 14.5 Å². The van der Waals surface area contributed by atoms with Gasteiger partial charge in [-0.3, -0.25) is 0 Å². The minimum absolute atomic E-state index is 0.182. The zero-order valence-electron chi connectivity index (χ0n) is 19.1. The summed E-state index contributed by atoms with van der Waals surface area (Å²) >= 11 is 1.73. The van der Waals surface area contributed by atoms with Crippen molar-refractivity contribution in [2.24, 2.45) is 0 Å². The van der Waals surface area contributed by atoms with Crippen LogP contribution < -0.4 is 9.80 Å². The van der Waals surface area contributed by atoms with Gasteiger partial charge in [-0.2, -0.15) is 0 Å². The molecule has 0 spiro atoms. The van der Waals surface area contributed by atoms with Crippen LogP contribution in [0.25, 0.3) is 10.2 Å². The molecule has 1 aliphatic heterocycles. The molecule has 2 aliphatic rings. The third-order valence-electron chi connectivity index (χ3n) is 6.55. The fraction of sp³-hybridized carbons (Fsp3) is 0.480. The average Bonchev–Trinajstić information content (AvgIpc) is 3.18. The van der Waals surface area contributed by atoms with Crippen molar-refractivity contribution in [1.82, 2.24) is 9.97 Å². The Bertz CT molecular complexity index is 1140. The van der Waals surface area contributed by atoms with Gasteiger partial charge in [0.15, 0.2) is 0 Å². The van der Waals surface area contributed by atoms with Gasteiger partial charge in [-0.25, -0.2) is 14.8 Å². The minimum atomic E-state index is -0.437. The van der Waals surface area contributed by atoms with Crippen LogP contribution in [0.3, 0.4) is 0 Å². The topological polar surface area (TPSA) is 58.6 Å². The quantitative estimate of drug-likeness (QED) is 0.534. The van der Waals surface area contributed by atoms with Crippen molar-refractivity contribution in [3.63, 3.8) is 0 Å². The van der Waals surface area contributed by atoms with Gasteiger partial charge in [0.2, 0.25) is 5.82 Å². The lowest BCUT2D eigenvalue weighted by molar-refractivity contribution is 0.0512. The first kappa shape index (κ1) is 21.2. The number of ether oxygens (including phenoxy) is 1. The Balaban J connectivity index is 1.52. The number of aryl methyl sites for hydroxylation is 3. The maximum Gasteiger partial charge on any atom is 0.376 e. The largest absolute Gasteiger partial charge is 0.460 e. The lowest BCUT2D eigenvalue weighted by Gasteiger charge is -2.42. The minimum Gasteiger partial charge on any atom is -0.460 e. The summed E-state index contributed by atoms with van der Waals surface area (Å²) in [6.45, 7) is 9.14. The highest BCUT2D eigenvalue weighted by Crippen LogP contribution is 2.40. The number of rotatable bonds is 4. The maximum atomic E-state index is 12.5. The predicted octanol–water partition coefficient (Wildman–Crippen LogP) is 4.77. The molecular weight excluding hydrogens is 420 g/mol. The highest BCUT2D eigenvalue weighted by molar-refractivity contribution is 7.19. The van der Waals surface area contributed by atoms with Crippen LogP contribution in [-0.4, -0.2) is 48.2 Å². The van der Waals surface area contributed by atoms with Crippen LogP contribution in [0, 0.1) is 6.92 Å². The third kappa shape index (κ3) is 3.83. The molecule has 1 atom stereocenters. The highest BCUT2D eigenvalue weighted by Gasteiger charge is 2.30. The van der Waals surface area contributed by atoms with E-state index >= 15 is 0 Å². The van der Waals surface area contributed by atoms with Gasteiger partial charge in [0, 0.05) is 36.2 Å². The molecule has 32 heavy (non-hydrogen) atoms. The third-order valence-corrected chi connectivity index (χ3v) is 7.73. The Kier molecular flexibility index (Phi) is 5.76.